The largest absolute Gasteiger partial charge is 0.440 e. The van der Waals surface area contributed by atoms with Gasteiger partial charge >= 0.3 is 6.18 Å². The number of hydrogen-bond donors (Lipinski definition) is 1. The van der Waals surface area contributed by atoms with E-state index < -0.39 is 23.7 Å². The van der Waals surface area contributed by atoms with Gasteiger partial charge in [-0.15, -0.1) is 0 Å². The summed E-state index contributed by atoms with van der Waals surface area (Å²) in [4.78, 5) is 11.8. The molecule has 3 nitrogen and oxygen atoms in total. The average Bonchev–Trinajstić information content (AvgIpc) is 2.84. The Kier molecular flexibility index (Phi) is 4.27. The molecule has 112 valence electrons. The van der Waals surface area contributed by atoms with E-state index in [0.29, 0.717) is 5.56 Å². The third-order valence-electron chi connectivity index (χ3n) is 2.86. The summed E-state index contributed by atoms with van der Waals surface area (Å²) in [6.07, 6.45) is -4.42. The lowest BCUT2D eigenvalue weighted by atomic mass is 10.0. The van der Waals surface area contributed by atoms with E-state index in [1.54, 1.807) is 6.92 Å². The van der Waals surface area contributed by atoms with Crippen LogP contribution in [0.1, 0.15) is 34.6 Å². The highest BCUT2D eigenvalue weighted by Crippen LogP contribution is 2.30. The summed E-state index contributed by atoms with van der Waals surface area (Å²) in [5, 5.41) is 2.61. The summed E-state index contributed by atoms with van der Waals surface area (Å²) in [5.74, 6) is -0.550. The summed E-state index contributed by atoms with van der Waals surface area (Å²) in [6.45, 7) is 1.58. The zero-order chi connectivity index (χ0) is 15.6. The lowest BCUT2D eigenvalue weighted by Gasteiger charge is -2.15. The highest BCUT2D eigenvalue weighted by Gasteiger charge is 2.30. The van der Waals surface area contributed by atoms with Crippen LogP contribution in [0.3, 0.4) is 0 Å². The molecular weight excluding hydrogens is 307 g/mol. The van der Waals surface area contributed by atoms with Gasteiger partial charge in [-0.1, -0.05) is 12.1 Å². The Morgan fingerprint density at radius 2 is 2.00 bits per heavy atom. The second kappa shape index (κ2) is 5.81. The van der Waals surface area contributed by atoms with Crippen molar-refractivity contribution >= 4 is 17.5 Å². The quantitative estimate of drug-likeness (QED) is 0.909. The predicted octanol–water partition coefficient (Wildman–Crippen LogP) is 4.44. The molecule has 1 amide bonds. The number of amides is 1. The van der Waals surface area contributed by atoms with E-state index in [-0.39, 0.29) is 11.0 Å². The molecule has 0 bridgehead atoms. The van der Waals surface area contributed by atoms with Crippen molar-refractivity contribution in [2.75, 3.05) is 0 Å². The first-order chi connectivity index (χ1) is 9.77. The van der Waals surface area contributed by atoms with Gasteiger partial charge in [0.2, 0.25) is 0 Å². The fourth-order valence-electron chi connectivity index (χ4n) is 1.77. The molecule has 1 heterocycles. The molecular formula is C14H11ClF3NO2. The Labute approximate surface area is 123 Å². The fraction of sp³-hybridized carbons (Fsp3) is 0.214. The number of rotatable bonds is 3. The predicted molar refractivity (Wildman–Crippen MR) is 71.0 cm³/mol. The first kappa shape index (κ1) is 15.4. The molecule has 1 unspecified atom stereocenters. The molecule has 2 rings (SSSR count). The maximum Gasteiger partial charge on any atom is 0.416 e. The van der Waals surface area contributed by atoms with Crippen molar-refractivity contribution in [2.24, 2.45) is 0 Å². The van der Waals surface area contributed by atoms with Gasteiger partial charge in [0.1, 0.15) is 0 Å². The minimum atomic E-state index is -4.42. The van der Waals surface area contributed by atoms with Crippen LogP contribution < -0.4 is 5.32 Å². The van der Waals surface area contributed by atoms with E-state index in [0.717, 1.165) is 12.1 Å². The number of carbonyl (C=O) groups is 1. The first-order valence-corrected chi connectivity index (χ1v) is 6.38. The monoisotopic (exact) mass is 317 g/mol. The minimum Gasteiger partial charge on any atom is -0.440 e. The van der Waals surface area contributed by atoms with Crippen molar-refractivity contribution < 1.29 is 22.4 Å². The highest BCUT2D eigenvalue weighted by atomic mass is 35.5. The Morgan fingerprint density at radius 3 is 2.57 bits per heavy atom. The van der Waals surface area contributed by atoms with Crippen molar-refractivity contribution in [1.82, 2.24) is 5.32 Å². The minimum absolute atomic E-state index is 0.00109. The van der Waals surface area contributed by atoms with Gasteiger partial charge in [-0.05, 0) is 48.4 Å². The molecule has 21 heavy (non-hydrogen) atoms. The van der Waals surface area contributed by atoms with Crippen LogP contribution in [0, 0.1) is 0 Å². The maximum absolute atomic E-state index is 12.6. The highest BCUT2D eigenvalue weighted by molar-refractivity contribution is 6.29. The molecule has 0 aliphatic carbocycles. The van der Waals surface area contributed by atoms with E-state index in [9.17, 15) is 18.0 Å². The summed E-state index contributed by atoms with van der Waals surface area (Å²) in [5.41, 5.74) is -0.419. The topological polar surface area (TPSA) is 42.2 Å². The van der Waals surface area contributed by atoms with Crippen LogP contribution in [-0.4, -0.2) is 5.91 Å². The van der Waals surface area contributed by atoms with Crippen molar-refractivity contribution in [1.29, 1.82) is 0 Å². The Bertz CT molecular complexity index is 652. The Hall–Kier alpha value is -1.95. The molecule has 0 radical (unpaired) electrons. The van der Waals surface area contributed by atoms with Crippen molar-refractivity contribution in [3.05, 3.63) is 58.5 Å². The lowest BCUT2D eigenvalue weighted by molar-refractivity contribution is -0.137. The number of carbonyl (C=O) groups excluding carboxylic acids is 1. The summed E-state index contributed by atoms with van der Waals surface area (Å²) in [7, 11) is 0. The maximum atomic E-state index is 12.6. The van der Waals surface area contributed by atoms with E-state index in [1.165, 1.54) is 24.3 Å². The fourth-order valence-corrected chi connectivity index (χ4v) is 1.92. The van der Waals surface area contributed by atoms with Gasteiger partial charge in [0.15, 0.2) is 11.0 Å². The molecule has 1 N–H and O–H groups in total. The SMILES string of the molecule is CC(NC(=O)c1ccc(Cl)o1)c1cccc(C(F)(F)F)c1. The molecule has 1 atom stereocenters. The zero-order valence-electron chi connectivity index (χ0n) is 10.9. The van der Waals surface area contributed by atoms with Gasteiger partial charge in [-0.25, -0.2) is 0 Å². The van der Waals surface area contributed by atoms with E-state index in [4.69, 9.17) is 16.0 Å². The number of alkyl halides is 3. The molecule has 2 aromatic rings. The second-order valence-electron chi connectivity index (χ2n) is 4.42. The smallest absolute Gasteiger partial charge is 0.416 e. The first-order valence-electron chi connectivity index (χ1n) is 6.01. The normalized spacial score (nSPS) is 13.0. The molecule has 0 saturated heterocycles. The van der Waals surface area contributed by atoms with Gasteiger partial charge < -0.3 is 9.73 Å². The molecule has 7 heteroatoms. The number of benzene rings is 1. The molecule has 1 aromatic carbocycles. The Balaban J connectivity index is 2.13. The molecule has 0 aliphatic rings. The number of hydrogen-bond acceptors (Lipinski definition) is 2. The van der Waals surface area contributed by atoms with Gasteiger partial charge in [0, 0.05) is 0 Å². The summed E-state index contributed by atoms with van der Waals surface area (Å²) >= 11 is 5.56. The van der Waals surface area contributed by atoms with Crippen LogP contribution in [0.5, 0.6) is 0 Å². The van der Waals surface area contributed by atoms with Gasteiger partial charge in [-0.3, -0.25) is 4.79 Å². The average molecular weight is 318 g/mol. The second-order valence-corrected chi connectivity index (χ2v) is 4.79. The summed E-state index contributed by atoms with van der Waals surface area (Å²) in [6, 6.07) is 6.97. The molecule has 0 fully saturated rings. The number of halogens is 4. The number of furan rings is 1. The van der Waals surface area contributed by atoms with Gasteiger partial charge in [0.05, 0.1) is 11.6 Å². The zero-order valence-corrected chi connectivity index (χ0v) is 11.6. The lowest BCUT2D eigenvalue weighted by Crippen LogP contribution is -2.26. The molecule has 0 aliphatic heterocycles. The van der Waals surface area contributed by atoms with E-state index in [1.807, 2.05) is 0 Å². The molecule has 1 aromatic heterocycles. The van der Waals surface area contributed by atoms with Crippen LogP contribution in [-0.2, 0) is 6.18 Å². The van der Waals surface area contributed by atoms with Crippen molar-refractivity contribution in [3.63, 3.8) is 0 Å². The van der Waals surface area contributed by atoms with Crippen LogP contribution in [0.2, 0.25) is 5.22 Å². The van der Waals surface area contributed by atoms with Crippen LogP contribution in [0.25, 0.3) is 0 Å². The van der Waals surface area contributed by atoms with Crippen LogP contribution in [0.15, 0.2) is 40.8 Å². The van der Waals surface area contributed by atoms with Crippen LogP contribution >= 0.6 is 11.6 Å². The summed E-state index contributed by atoms with van der Waals surface area (Å²) < 4.78 is 42.9. The number of nitrogens with one attached hydrogen (secondary N) is 1. The Morgan fingerprint density at radius 1 is 1.29 bits per heavy atom. The third-order valence-corrected chi connectivity index (χ3v) is 3.06. The van der Waals surface area contributed by atoms with Gasteiger partial charge in [-0.2, -0.15) is 13.2 Å². The molecule has 0 spiro atoms. The third kappa shape index (κ3) is 3.78. The van der Waals surface area contributed by atoms with E-state index in [2.05, 4.69) is 5.32 Å². The van der Waals surface area contributed by atoms with Crippen molar-refractivity contribution in [3.8, 4) is 0 Å². The van der Waals surface area contributed by atoms with Gasteiger partial charge in [0.25, 0.3) is 5.91 Å². The molecule has 0 saturated carbocycles. The van der Waals surface area contributed by atoms with E-state index >= 15 is 0 Å². The standard InChI is InChI=1S/C14H11ClF3NO2/c1-8(19-13(20)11-5-6-12(15)21-11)9-3-2-4-10(7-9)14(16,17)18/h2-8H,1H3,(H,19,20). The van der Waals surface area contributed by atoms with Crippen LogP contribution in [0.4, 0.5) is 13.2 Å². The van der Waals surface area contributed by atoms with Crippen molar-refractivity contribution in [2.45, 2.75) is 19.1 Å².